The minimum absolute atomic E-state index is 0.287. The third kappa shape index (κ3) is 3.70. The summed E-state index contributed by atoms with van der Waals surface area (Å²) >= 11 is 0. The quantitative estimate of drug-likeness (QED) is 0.419. The Morgan fingerprint density at radius 2 is 1.76 bits per heavy atom. The number of aryl methyl sites for hydroxylation is 2. The van der Waals surface area contributed by atoms with Gasteiger partial charge in [0, 0.05) is 24.2 Å². The number of aromatic nitrogens is 2. The number of nitrogens with two attached hydrogens (primary N) is 1. The summed E-state index contributed by atoms with van der Waals surface area (Å²) < 4.78 is 2.17. The lowest BCUT2D eigenvalue weighted by Crippen LogP contribution is -2.05. The normalized spacial score (nSPS) is 11.2. The Labute approximate surface area is 171 Å². The van der Waals surface area contributed by atoms with Gasteiger partial charge in [-0.1, -0.05) is 61.9 Å². The molecular formula is C25H27N3O. The molecular weight excluding hydrogens is 358 g/mol. The van der Waals surface area contributed by atoms with Crippen LogP contribution < -0.4 is 5.73 Å². The van der Waals surface area contributed by atoms with Gasteiger partial charge in [0.2, 0.25) is 0 Å². The summed E-state index contributed by atoms with van der Waals surface area (Å²) in [5, 5.41) is 10.5. The summed E-state index contributed by atoms with van der Waals surface area (Å²) in [6.45, 7) is 4.91. The number of phenolic OH excluding ortho intramolecular Hbond substituents is 1. The third-order valence-electron chi connectivity index (χ3n) is 5.47. The predicted molar refractivity (Wildman–Crippen MR) is 120 cm³/mol. The number of hydrogen-bond acceptors (Lipinski definition) is 3. The van der Waals surface area contributed by atoms with Crippen LogP contribution in [-0.4, -0.2) is 14.7 Å². The van der Waals surface area contributed by atoms with Crippen LogP contribution in [0.2, 0.25) is 0 Å². The molecule has 29 heavy (non-hydrogen) atoms. The molecule has 4 aromatic rings. The Balaban J connectivity index is 1.72. The van der Waals surface area contributed by atoms with Crippen LogP contribution in [-0.2, 0) is 13.0 Å². The average Bonchev–Trinajstić information content (AvgIpc) is 3.10. The highest BCUT2D eigenvalue weighted by Crippen LogP contribution is 2.30. The van der Waals surface area contributed by atoms with Gasteiger partial charge in [0.1, 0.15) is 17.1 Å². The van der Waals surface area contributed by atoms with E-state index in [-0.39, 0.29) is 5.75 Å². The first-order chi connectivity index (χ1) is 14.1. The molecule has 0 amide bonds. The molecule has 0 bridgehead atoms. The zero-order chi connectivity index (χ0) is 20.4. The number of fused-ring (bicyclic) bond motifs is 1. The maximum Gasteiger partial charge on any atom is 0.141 e. The van der Waals surface area contributed by atoms with E-state index in [1.807, 2.05) is 37.3 Å². The van der Waals surface area contributed by atoms with Gasteiger partial charge in [0.15, 0.2) is 0 Å². The lowest BCUT2D eigenvalue weighted by atomic mass is 10.0. The molecule has 4 nitrogen and oxygen atoms in total. The fourth-order valence-electron chi connectivity index (χ4n) is 3.82. The van der Waals surface area contributed by atoms with Gasteiger partial charge in [0.25, 0.3) is 0 Å². The molecule has 0 saturated heterocycles. The van der Waals surface area contributed by atoms with Crippen molar-refractivity contribution in [1.82, 2.24) is 9.55 Å². The van der Waals surface area contributed by atoms with E-state index in [9.17, 15) is 5.11 Å². The Kier molecular flexibility index (Phi) is 5.26. The van der Waals surface area contributed by atoms with Gasteiger partial charge in [0.05, 0.1) is 5.52 Å². The highest BCUT2D eigenvalue weighted by atomic mass is 16.3. The van der Waals surface area contributed by atoms with Crippen LogP contribution in [0.25, 0.3) is 22.2 Å². The number of para-hydroxylation sites is 1. The van der Waals surface area contributed by atoms with Crippen LogP contribution >= 0.6 is 0 Å². The largest absolute Gasteiger partial charge is 0.506 e. The number of imidazole rings is 1. The number of benzene rings is 3. The van der Waals surface area contributed by atoms with Crippen molar-refractivity contribution >= 4 is 16.7 Å². The number of hydrogen-bond donors (Lipinski definition) is 2. The van der Waals surface area contributed by atoms with Gasteiger partial charge in [-0.15, -0.1) is 0 Å². The van der Waals surface area contributed by atoms with E-state index in [0.29, 0.717) is 6.54 Å². The van der Waals surface area contributed by atoms with Crippen LogP contribution in [0.15, 0.2) is 60.7 Å². The van der Waals surface area contributed by atoms with Crippen LogP contribution in [0.4, 0.5) is 5.69 Å². The number of nitrogens with zero attached hydrogens (tertiary/aromatic N) is 2. The topological polar surface area (TPSA) is 64.1 Å². The van der Waals surface area contributed by atoms with E-state index in [0.717, 1.165) is 58.5 Å². The molecule has 0 spiro atoms. The summed E-state index contributed by atoms with van der Waals surface area (Å²) in [7, 11) is 0. The Morgan fingerprint density at radius 3 is 2.48 bits per heavy atom. The van der Waals surface area contributed by atoms with E-state index < -0.39 is 0 Å². The number of rotatable bonds is 6. The van der Waals surface area contributed by atoms with E-state index in [4.69, 9.17) is 10.7 Å². The van der Waals surface area contributed by atoms with Crippen molar-refractivity contribution < 1.29 is 5.11 Å². The first-order valence-corrected chi connectivity index (χ1v) is 10.2. The van der Waals surface area contributed by atoms with Crippen LogP contribution in [0.3, 0.4) is 0 Å². The highest BCUT2D eigenvalue weighted by molar-refractivity contribution is 5.85. The minimum Gasteiger partial charge on any atom is -0.506 e. The monoisotopic (exact) mass is 385 g/mol. The van der Waals surface area contributed by atoms with Crippen LogP contribution in [0.5, 0.6) is 5.75 Å². The number of unbranched alkanes of at least 4 members (excludes halogenated alkanes) is 1. The number of anilines is 1. The van der Waals surface area contributed by atoms with Crippen molar-refractivity contribution in [3.05, 3.63) is 77.6 Å². The maximum atomic E-state index is 10.5. The van der Waals surface area contributed by atoms with Gasteiger partial charge in [-0.05, 0) is 42.2 Å². The van der Waals surface area contributed by atoms with Crippen molar-refractivity contribution in [2.75, 3.05) is 5.73 Å². The molecule has 0 aliphatic rings. The predicted octanol–water partition coefficient (Wildman–Crippen LogP) is 5.69. The molecule has 0 atom stereocenters. The fourth-order valence-corrected chi connectivity index (χ4v) is 3.82. The van der Waals surface area contributed by atoms with Crippen LogP contribution in [0, 0.1) is 6.92 Å². The number of aromatic hydroxyl groups is 1. The molecule has 0 aliphatic heterocycles. The van der Waals surface area contributed by atoms with Crippen LogP contribution in [0.1, 0.15) is 36.7 Å². The van der Waals surface area contributed by atoms with Crippen molar-refractivity contribution in [3.63, 3.8) is 0 Å². The number of phenols is 1. The molecule has 1 heterocycles. The second-order valence-corrected chi connectivity index (χ2v) is 7.60. The second-order valence-electron chi connectivity index (χ2n) is 7.60. The van der Waals surface area contributed by atoms with E-state index in [1.165, 1.54) is 5.56 Å². The Bertz CT molecular complexity index is 1140. The molecule has 1 aromatic heterocycles. The van der Waals surface area contributed by atoms with Gasteiger partial charge < -0.3 is 15.4 Å². The standard InChI is InChI=1S/C25H27N3O/c1-3-4-9-23-27-24-17(2)10-15-22(29)25(24)28(23)16-18-11-13-19(14-12-18)20-7-5-6-8-21(20)26/h5-8,10-15,29H,3-4,9,16,26H2,1-2H3. The third-order valence-corrected chi connectivity index (χ3v) is 5.47. The number of nitrogen functional groups attached to an aromatic ring is 1. The summed E-state index contributed by atoms with van der Waals surface area (Å²) in [5.74, 6) is 1.32. The summed E-state index contributed by atoms with van der Waals surface area (Å²) in [6.07, 6.45) is 3.10. The first kappa shape index (κ1) is 19.1. The molecule has 148 valence electrons. The van der Waals surface area contributed by atoms with E-state index >= 15 is 0 Å². The van der Waals surface area contributed by atoms with Crippen molar-refractivity contribution in [2.45, 2.75) is 39.7 Å². The van der Waals surface area contributed by atoms with E-state index in [1.54, 1.807) is 6.07 Å². The molecule has 0 unspecified atom stereocenters. The van der Waals surface area contributed by atoms with Crippen molar-refractivity contribution in [1.29, 1.82) is 0 Å². The minimum atomic E-state index is 0.287. The second kappa shape index (κ2) is 8.00. The highest BCUT2D eigenvalue weighted by Gasteiger charge is 2.16. The molecule has 0 saturated carbocycles. The van der Waals surface area contributed by atoms with Gasteiger partial charge in [-0.25, -0.2) is 4.98 Å². The van der Waals surface area contributed by atoms with Crippen molar-refractivity contribution in [3.8, 4) is 16.9 Å². The maximum absolute atomic E-state index is 10.5. The molecule has 3 aromatic carbocycles. The summed E-state index contributed by atoms with van der Waals surface area (Å²) in [5.41, 5.74) is 13.0. The van der Waals surface area contributed by atoms with Gasteiger partial charge >= 0.3 is 0 Å². The zero-order valence-electron chi connectivity index (χ0n) is 17.0. The Morgan fingerprint density at radius 1 is 1.00 bits per heavy atom. The first-order valence-electron chi connectivity index (χ1n) is 10.2. The molecule has 4 heteroatoms. The average molecular weight is 386 g/mol. The smallest absolute Gasteiger partial charge is 0.141 e. The molecule has 3 N–H and O–H groups in total. The SMILES string of the molecule is CCCCc1nc2c(C)ccc(O)c2n1Cc1ccc(-c2ccccc2N)cc1. The lowest BCUT2D eigenvalue weighted by Gasteiger charge is -2.12. The fraction of sp³-hybridized carbons (Fsp3) is 0.240. The van der Waals surface area contributed by atoms with Gasteiger partial charge in [-0.3, -0.25) is 0 Å². The Hall–Kier alpha value is -3.27. The molecule has 0 aliphatic carbocycles. The van der Waals surface area contributed by atoms with Crippen molar-refractivity contribution in [2.24, 2.45) is 0 Å². The molecule has 0 radical (unpaired) electrons. The summed E-state index contributed by atoms with van der Waals surface area (Å²) in [4.78, 5) is 4.87. The molecule has 4 rings (SSSR count). The zero-order valence-corrected chi connectivity index (χ0v) is 17.0. The molecule has 0 fully saturated rings. The van der Waals surface area contributed by atoms with Gasteiger partial charge in [-0.2, -0.15) is 0 Å². The van der Waals surface area contributed by atoms with E-state index in [2.05, 4.69) is 35.8 Å². The summed E-state index contributed by atoms with van der Waals surface area (Å²) in [6, 6.07) is 20.1. The lowest BCUT2D eigenvalue weighted by molar-refractivity contribution is 0.477.